The van der Waals surface area contributed by atoms with Gasteiger partial charge in [0.1, 0.15) is 0 Å². The van der Waals surface area contributed by atoms with E-state index < -0.39 is 0 Å². The lowest BCUT2D eigenvalue weighted by Crippen LogP contribution is -2.17. The summed E-state index contributed by atoms with van der Waals surface area (Å²) in [5.41, 5.74) is 0. The summed E-state index contributed by atoms with van der Waals surface area (Å²) in [6.07, 6.45) is 16.2. The maximum atomic E-state index is 12.1. The van der Waals surface area contributed by atoms with Crippen molar-refractivity contribution in [1.29, 1.82) is 0 Å². The van der Waals surface area contributed by atoms with Gasteiger partial charge in [-0.05, 0) is 64.2 Å². The van der Waals surface area contributed by atoms with Crippen LogP contribution in [0, 0.1) is 11.8 Å². The minimum atomic E-state index is -0.140. The highest BCUT2D eigenvalue weighted by Crippen LogP contribution is 2.21. The summed E-state index contributed by atoms with van der Waals surface area (Å²) in [5.74, 6) is 1.21. The lowest BCUT2D eigenvalue weighted by Gasteiger charge is -2.18. The van der Waals surface area contributed by atoms with E-state index in [9.17, 15) is 9.59 Å². The fourth-order valence-electron chi connectivity index (χ4n) is 4.25. The summed E-state index contributed by atoms with van der Waals surface area (Å²) in [7, 11) is 0. The molecule has 0 N–H and O–H groups in total. The Kier molecular flexibility index (Phi) is 19.9. The molecule has 0 fully saturated rings. The average Bonchev–Trinajstić information content (AvgIpc) is 2.77. The molecule has 0 amide bonds. The minimum absolute atomic E-state index is 0.0201. The minimum Gasteiger partial charge on any atom is -0.463 e. The van der Waals surface area contributed by atoms with Crippen LogP contribution in [0.4, 0.5) is 0 Å². The van der Waals surface area contributed by atoms with E-state index in [4.69, 9.17) is 9.47 Å². The Hall–Kier alpha value is -1.06. The van der Waals surface area contributed by atoms with Gasteiger partial charge in [0.25, 0.3) is 0 Å². The van der Waals surface area contributed by atoms with Gasteiger partial charge in [-0.15, -0.1) is 0 Å². The number of ether oxygens (including phenoxy) is 2. The molecule has 0 heterocycles. The van der Waals surface area contributed by atoms with E-state index >= 15 is 0 Å². The number of carbonyl (C=O) groups excluding carboxylic acids is 2. The van der Waals surface area contributed by atoms with E-state index in [1.165, 1.54) is 51.4 Å². The number of esters is 2. The largest absolute Gasteiger partial charge is 0.463 e. The first-order valence-electron chi connectivity index (χ1n) is 13.7. The van der Waals surface area contributed by atoms with E-state index in [-0.39, 0.29) is 24.1 Å². The second-order valence-corrected chi connectivity index (χ2v) is 9.80. The van der Waals surface area contributed by atoms with Gasteiger partial charge in [-0.3, -0.25) is 9.59 Å². The molecule has 0 aromatic rings. The Morgan fingerprint density at radius 2 is 0.938 bits per heavy atom. The highest BCUT2D eigenvalue weighted by Gasteiger charge is 2.15. The number of carbonyl (C=O) groups is 2. The molecule has 32 heavy (non-hydrogen) atoms. The fourth-order valence-corrected chi connectivity index (χ4v) is 4.25. The summed E-state index contributed by atoms with van der Waals surface area (Å²) in [5, 5.41) is 0. The SMILES string of the molecule is CCCCC(CC)CCC(C)OC(=O)CCCCC(=O)OC(C)CCC(CC)CCCC. The predicted octanol–water partition coefficient (Wildman–Crippen LogP) is 8.40. The van der Waals surface area contributed by atoms with Crippen LogP contribution in [0.3, 0.4) is 0 Å². The third-order valence-electron chi connectivity index (χ3n) is 6.73. The number of unbranched alkanes of at least 4 members (excludes halogenated alkanes) is 3. The molecule has 0 radical (unpaired) electrons. The van der Waals surface area contributed by atoms with E-state index in [0.29, 0.717) is 25.7 Å². The molecule has 0 saturated heterocycles. The molecule has 0 aliphatic rings. The van der Waals surface area contributed by atoms with Crippen molar-refractivity contribution < 1.29 is 19.1 Å². The Labute approximate surface area is 199 Å². The van der Waals surface area contributed by atoms with Gasteiger partial charge in [-0.25, -0.2) is 0 Å². The van der Waals surface area contributed by atoms with Gasteiger partial charge in [0.15, 0.2) is 0 Å². The molecule has 0 spiro atoms. The molecule has 0 aliphatic carbocycles. The van der Waals surface area contributed by atoms with Gasteiger partial charge < -0.3 is 9.47 Å². The van der Waals surface area contributed by atoms with Crippen molar-refractivity contribution in [3.63, 3.8) is 0 Å². The molecule has 0 aromatic carbocycles. The zero-order valence-electron chi connectivity index (χ0n) is 22.3. The van der Waals surface area contributed by atoms with Gasteiger partial charge in [0, 0.05) is 12.8 Å². The third kappa shape index (κ3) is 17.5. The summed E-state index contributed by atoms with van der Waals surface area (Å²) >= 11 is 0. The van der Waals surface area contributed by atoms with Gasteiger partial charge in [-0.1, -0.05) is 79.1 Å². The molecule has 4 heteroatoms. The topological polar surface area (TPSA) is 52.6 Å². The standard InChI is InChI=1S/C28H54O4/c1-7-11-15-25(9-3)21-19-23(5)31-27(29)17-13-14-18-28(30)32-24(6)20-22-26(10-4)16-12-8-2/h23-26H,7-22H2,1-6H3. The van der Waals surface area contributed by atoms with E-state index in [0.717, 1.165) is 37.5 Å². The second kappa shape index (κ2) is 20.5. The zero-order valence-corrected chi connectivity index (χ0v) is 22.3. The molecule has 4 atom stereocenters. The van der Waals surface area contributed by atoms with E-state index in [2.05, 4.69) is 27.7 Å². The van der Waals surface area contributed by atoms with Crippen LogP contribution < -0.4 is 0 Å². The van der Waals surface area contributed by atoms with Crippen LogP contribution in [0.2, 0.25) is 0 Å². The summed E-state index contributed by atoms with van der Waals surface area (Å²) in [4.78, 5) is 24.2. The first kappa shape index (κ1) is 30.9. The Morgan fingerprint density at radius 3 is 1.25 bits per heavy atom. The van der Waals surface area contributed by atoms with Crippen LogP contribution in [-0.4, -0.2) is 24.1 Å². The van der Waals surface area contributed by atoms with Gasteiger partial charge in [0.2, 0.25) is 0 Å². The van der Waals surface area contributed by atoms with Gasteiger partial charge >= 0.3 is 11.9 Å². The van der Waals surface area contributed by atoms with Crippen molar-refractivity contribution in [3.05, 3.63) is 0 Å². The highest BCUT2D eigenvalue weighted by atomic mass is 16.5. The Bertz CT molecular complexity index is 420. The van der Waals surface area contributed by atoms with Crippen LogP contribution in [0.1, 0.15) is 144 Å². The summed E-state index contributed by atoms with van der Waals surface area (Å²) in [6, 6.07) is 0. The van der Waals surface area contributed by atoms with Crippen molar-refractivity contribution in [2.75, 3.05) is 0 Å². The Balaban J connectivity index is 3.89. The molecule has 0 rings (SSSR count). The first-order valence-corrected chi connectivity index (χ1v) is 13.7. The molecule has 4 nitrogen and oxygen atoms in total. The molecule has 0 saturated carbocycles. The number of hydrogen-bond acceptors (Lipinski definition) is 4. The molecular weight excluding hydrogens is 400 g/mol. The van der Waals surface area contributed by atoms with E-state index in [1.807, 2.05) is 13.8 Å². The second-order valence-electron chi connectivity index (χ2n) is 9.80. The van der Waals surface area contributed by atoms with Gasteiger partial charge in [0.05, 0.1) is 12.2 Å². The molecular formula is C28H54O4. The molecule has 4 unspecified atom stereocenters. The van der Waals surface area contributed by atoms with Crippen LogP contribution in [-0.2, 0) is 19.1 Å². The van der Waals surface area contributed by atoms with Crippen molar-refractivity contribution >= 4 is 11.9 Å². The van der Waals surface area contributed by atoms with Crippen LogP contribution in [0.5, 0.6) is 0 Å². The summed E-state index contributed by atoms with van der Waals surface area (Å²) < 4.78 is 11.1. The normalized spacial score (nSPS) is 15.1. The molecule has 0 bridgehead atoms. The summed E-state index contributed by atoms with van der Waals surface area (Å²) in [6.45, 7) is 12.9. The maximum Gasteiger partial charge on any atom is 0.306 e. The lowest BCUT2D eigenvalue weighted by molar-refractivity contribution is -0.151. The maximum absolute atomic E-state index is 12.1. The van der Waals surface area contributed by atoms with Crippen LogP contribution >= 0.6 is 0 Å². The van der Waals surface area contributed by atoms with Crippen LogP contribution in [0.15, 0.2) is 0 Å². The molecule has 0 aromatic heterocycles. The van der Waals surface area contributed by atoms with Crippen molar-refractivity contribution in [2.45, 2.75) is 156 Å². The van der Waals surface area contributed by atoms with Crippen molar-refractivity contribution in [3.8, 4) is 0 Å². The quantitative estimate of drug-likeness (QED) is 0.129. The van der Waals surface area contributed by atoms with E-state index in [1.54, 1.807) is 0 Å². The third-order valence-corrected chi connectivity index (χ3v) is 6.73. The number of hydrogen-bond donors (Lipinski definition) is 0. The fraction of sp³-hybridized carbons (Fsp3) is 0.929. The average molecular weight is 455 g/mol. The number of rotatable bonds is 21. The lowest BCUT2D eigenvalue weighted by atomic mass is 9.93. The Morgan fingerprint density at radius 1 is 0.562 bits per heavy atom. The monoisotopic (exact) mass is 454 g/mol. The smallest absolute Gasteiger partial charge is 0.306 e. The zero-order chi connectivity index (χ0) is 24.2. The first-order chi connectivity index (χ1) is 15.4. The molecule has 190 valence electrons. The highest BCUT2D eigenvalue weighted by molar-refractivity contribution is 5.70. The van der Waals surface area contributed by atoms with Gasteiger partial charge in [-0.2, -0.15) is 0 Å². The molecule has 0 aliphatic heterocycles. The van der Waals surface area contributed by atoms with Crippen molar-refractivity contribution in [2.24, 2.45) is 11.8 Å². The van der Waals surface area contributed by atoms with Crippen LogP contribution in [0.25, 0.3) is 0 Å². The van der Waals surface area contributed by atoms with Crippen molar-refractivity contribution in [1.82, 2.24) is 0 Å². The predicted molar refractivity (Wildman–Crippen MR) is 135 cm³/mol.